The fourth-order valence-electron chi connectivity index (χ4n) is 2.27. The third-order valence-corrected chi connectivity index (χ3v) is 3.20. The molecule has 0 spiro atoms. The van der Waals surface area contributed by atoms with Gasteiger partial charge < -0.3 is 15.4 Å². The second kappa shape index (κ2) is 6.52. The van der Waals surface area contributed by atoms with Gasteiger partial charge in [0.05, 0.1) is 0 Å². The molecule has 18 heavy (non-hydrogen) atoms. The number of carbonyl (C=O) groups is 1. The van der Waals surface area contributed by atoms with Gasteiger partial charge in [0.2, 0.25) is 5.91 Å². The number of methoxy groups -OCH3 is 1. The van der Waals surface area contributed by atoms with E-state index in [9.17, 15) is 4.79 Å². The van der Waals surface area contributed by atoms with Crippen LogP contribution in [-0.4, -0.2) is 32.7 Å². The molecule has 4 heteroatoms. The lowest BCUT2D eigenvalue weighted by molar-refractivity contribution is -0.123. The summed E-state index contributed by atoms with van der Waals surface area (Å²) in [5.74, 6) is 0.0539. The molecule has 1 unspecified atom stereocenters. The maximum Gasteiger partial charge on any atom is 0.241 e. The van der Waals surface area contributed by atoms with Crippen molar-refractivity contribution in [2.75, 3.05) is 26.8 Å². The van der Waals surface area contributed by atoms with Crippen molar-refractivity contribution in [3.8, 4) is 0 Å². The Hall–Kier alpha value is -1.39. The summed E-state index contributed by atoms with van der Waals surface area (Å²) in [6.45, 7) is 2.19. The van der Waals surface area contributed by atoms with E-state index in [0.717, 1.165) is 24.9 Å². The van der Waals surface area contributed by atoms with Crippen LogP contribution in [0.15, 0.2) is 24.3 Å². The predicted octanol–water partition coefficient (Wildman–Crippen LogP) is 1.03. The Balaban J connectivity index is 1.95. The maximum atomic E-state index is 12.1. The second-order valence-corrected chi connectivity index (χ2v) is 4.47. The van der Waals surface area contributed by atoms with Crippen molar-refractivity contribution in [1.82, 2.24) is 10.6 Å². The first-order valence-corrected chi connectivity index (χ1v) is 6.41. The molecule has 1 amide bonds. The van der Waals surface area contributed by atoms with E-state index in [2.05, 4.69) is 16.7 Å². The van der Waals surface area contributed by atoms with Gasteiger partial charge in [-0.25, -0.2) is 0 Å². The Bertz CT molecular complexity index is 407. The van der Waals surface area contributed by atoms with Crippen molar-refractivity contribution in [2.24, 2.45) is 0 Å². The summed E-state index contributed by atoms with van der Waals surface area (Å²) >= 11 is 0. The van der Waals surface area contributed by atoms with Crippen LogP contribution in [0.25, 0.3) is 0 Å². The highest BCUT2D eigenvalue weighted by Gasteiger charge is 2.25. The van der Waals surface area contributed by atoms with Crippen LogP contribution in [0.2, 0.25) is 0 Å². The first-order chi connectivity index (χ1) is 8.83. The number of benzene rings is 1. The first kappa shape index (κ1) is 13.1. The molecule has 2 rings (SSSR count). The minimum atomic E-state index is -0.211. The minimum absolute atomic E-state index is 0.0539. The predicted molar refractivity (Wildman–Crippen MR) is 70.4 cm³/mol. The Morgan fingerprint density at radius 1 is 1.50 bits per heavy atom. The van der Waals surface area contributed by atoms with Crippen molar-refractivity contribution in [3.63, 3.8) is 0 Å². The van der Waals surface area contributed by atoms with Crippen LogP contribution in [0.3, 0.4) is 0 Å². The molecule has 1 aromatic carbocycles. The Kier molecular flexibility index (Phi) is 4.73. The highest BCUT2D eigenvalue weighted by molar-refractivity contribution is 5.83. The third kappa shape index (κ3) is 3.09. The minimum Gasteiger partial charge on any atom is -0.385 e. The van der Waals surface area contributed by atoms with Gasteiger partial charge in [0.25, 0.3) is 0 Å². The van der Waals surface area contributed by atoms with Gasteiger partial charge in [-0.15, -0.1) is 0 Å². The molecule has 0 saturated carbocycles. The monoisotopic (exact) mass is 248 g/mol. The molecule has 2 N–H and O–H groups in total. The van der Waals surface area contributed by atoms with Gasteiger partial charge in [-0.1, -0.05) is 24.3 Å². The zero-order chi connectivity index (χ0) is 12.8. The topological polar surface area (TPSA) is 50.4 Å². The molecule has 0 saturated heterocycles. The van der Waals surface area contributed by atoms with E-state index in [1.807, 2.05) is 18.2 Å². The summed E-state index contributed by atoms with van der Waals surface area (Å²) in [5.41, 5.74) is 2.38. The van der Waals surface area contributed by atoms with E-state index in [4.69, 9.17) is 4.74 Å². The van der Waals surface area contributed by atoms with Gasteiger partial charge in [-0.05, 0) is 24.0 Å². The van der Waals surface area contributed by atoms with Crippen LogP contribution in [-0.2, 0) is 16.0 Å². The van der Waals surface area contributed by atoms with Crippen molar-refractivity contribution in [3.05, 3.63) is 35.4 Å². The molecule has 1 aliphatic rings. The van der Waals surface area contributed by atoms with Crippen molar-refractivity contribution in [1.29, 1.82) is 0 Å². The van der Waals surface area contributed by atoms with E-state index in [-0.39, 0.29) is 11.9 Å². The standard InChI is InChI=1S/C14H20N2O2/c1-18-10-4-8-16-14(17)13-12-6-3-2-5-11(12)7-9-15-13/h2-3,5-6,13,15H,4,7-10H2,1H3,(H,16,17). The SMILES string of the molecule is COCCCNC(=O)C1NCCc2ccccc21. The number of amides is 1. The molecular formula is C14H20N2O2. The lowest BCUT2D eigenvalue weighted by Gasteiger charge is -2.26. The molecule has 1 aliphatic heterocycles. The maximum absolute atomic E-state index is 12.1. The van der Waals surface area contributed by atoms with Gasteiger partial charge in [0.15, 0.2) is 0 Å². The van der Waals surface area contributed by atoms with Crippen LogP contribution in [0.5, 0.6) is 0 Å². The van der Waals surface area contributed by atoms with Gasteiger partial charge in [0.1, 0.15) is 6.04 Å². The summed E-state index contributed by atoms with van der Waals surface area (Å²) < 4.78 is 4.96. The van der Waals surface area contributed by atoms with Crippen molar-refractivity contribution < 1.29 is 9.53 Å². The smallest absolute Gasteiger partial charge is 0.241 e. The van der Waals surface area contributed by atoms with Crippen LogP contribution < -0.4 is 10.6 Å². The number of ether oxygens (including phenoxy) is 1. The molecule has 4 nitrogen and oxygen atoms in total. The number of fused-ring (bicyclic) bond motifs is 1. The lowest BCUT2D eigenvalue weighted by Crippen LogP contribution is -2.41. The van der Waals surface area contributed by atoms with Gasteiger partial charge in [-0.3, -0.25) is 4.79 Å². The Morgan fingerprint density at radius 3 is 3.17 bits per heavy atom. The number of carbonyl (C=O) groups excluding carboxylic acids is 1. The van der Waals surface area contributed by atoms with Gasteiger partial charge in [0, 0.05) is 26.8 Å². The fourth-order valence-corrected chi connectivity index (χ4v) is 2.27. The highest BCUT2D eigenvalue weighted by Crippen LogP contribution is 2.22. The summed E-state index contributed by atoms with van der Waals surface area (Å²) in [5, 5.41) is 6.22. The Morgan fingerprint density at radius 2 is 2.33 bits per heavy atom. The summed E-state index contributed by atoms with van der Waals surface area (Å²) in [6, 6.07) is 7.93. The summed E-state index contributed by atoms with van der Waals surface area (Å²) in [4.78, 5) is 12.1. The highest BCUT2D eigenvalue weighted by atomic mass is 16.5. The quantitative estimate of drug-likeness (QED) is 0.765. The number of hydrogen-bond donors (Lipinski definition) is 2. The average Bonchev–Trinajstić information content (AvgIpc) is 2.43. The molecular weight excluding hydrogens is 228 g/mol. The molecule has 0 radical (unpaired) electrons. The van der Waals surface area contributed by atoms with E-state index in [0.29, 0.717) is 13.2 Å². The van der Waals surface area contributed by atoms with Crippen molar-refractivity contribution >= 4 is 5.91 Å². The summed E-state index contributed by atoms with van der Waals surface area (Å²) in [7, 11) is 1.67. The molecule has 98 valence electrons. The van der Waals surface area contributed by atoms with E-state index in [1.54, 1.807) is 7.11 Å². The second-order valence-electron chi connectivity index (χ2n) is 4.47. The van der Waals surface area contributed by atoms with E-state index < -0.39 is 0 Å². The van der Waals surface area contributed by atoms with Gasteiger partial charge in [-0.2, -0.15) is 0 Å². The van der Waals surface area contributed by atoms with E-state index >= 15 is 0 Å². The number of rotatable bonds is 5. The summed E-state index contributed by atoms with van der Waals surface area (Å²) in [6.07, 6.45) is 1.83. The zero-order valence-electron chi connectivity index (χ0n) is 10.7. The molecule has 0 bridgehead atoms. The Labute approximate surface area is 108 Å². The molecule has 1 atom stereocenters. The largest absolute Gasteiger partial charge is 0.385 e. The molecule has 0 fully saturated rings. The molecule has 1 aromatic rings. The number of hydrogen-bond acceptors (Lipinski definition) is 3. The zero-order valence-corrected chi connectivity index (χ0v) is 10.7. The van der Waals surface area contributed by atoms with Crippen LogP contribution in [0.1, 0.15) is 23.6 Å². The number of nitrogens with one attached hydrogen (secondary N) is 2. The molecule has 1 heterocycles. The molecule has 0 aromatic heterocycles. The van der Waals surface area contributed by atoms with E-state index in [1.165, 1.54) is 5.56 Å². The average molecular weight is 248 g/mol. The normalized spacial score (nSPS) is 18.2. The first-order valence-electron chi connectivity index (χ1n) is 6.41. The fraction of sp³-hybridized carbons (Fsp3) is 0.500. The lowest BCUT2D eigenvalue weighted by atomic mass is 9.94. The van der Waals surface area contributed by atoms with Crippen LogP contribution >= 0.6 is 0 Å². The van der Waals surface area contributed by atoms with Crippen LogP contribution in [0.4, 0.5) is 0 Å². The third-order valence-electron chi connectivity index (χ3n) is 3.20. The van der Waals surface area contributed by atoms with Crippen LogP contribution in [0, 0.1) is 0 Å². The van der Waals surface area contributed by atoms with Crippen molar-refractivity contribution in [2.45, 2.75) is 18.9 Å². The van der Waals surface area contributed by atoms with Gasteiger partial charge >= 0.3 is 0 Å². The molecule has 0 aliphatic carbocycles.